The number of carbonyl (C=O) groups is 2. The summed E-state index contributed by atoms with van der Waals surface area (Å²) in [6, 6.07) is 10.5. The van der Waals surface area contributed by atoms with Crippen molar-refractivity contribution in [3.63, 3.8) is 0 Å². The molecule has 0 saturated heterocycles. The highest BCUT2D eigenvalue weighted by atomic mass is 35.5. The van der Waals surface area contributed by atoms with Gasteiger partial charge < -0.3 is 10.1 Å². The maximum Gasteiger partial charge on any atom is 0.270 e. The average molecular weight is 408 g/mol. The first-order chi connectivity index (χ1) is 13.1. The van der Waals surface area contributed by atoms with Gasteiger partial charge in [-0.1, -0.05) is 17.7 Å². The SMILES string of the molecule is O=C(CCCCCl)NNC(=O)c1cccc2c1CNc1cc(Cl)ccc1O2. The lowest BCUT2D eigenvalue weighted by Gasteiger charge is -2.13. The Kier molecular flexibility index (Phi) is 6.42. The van der Waals surface area contributed by atoms with Gasteiger partial charge in [-0.05, 0) is 43.2 Å². The zero-order chi connectivity index (χ0) is 19.2. The number of fused-ring (bicyclic) bond motifs is 2. The van der Waals surface area contributed by atoms with Crippen LogP contribution in [0.2, 0.25) is 5.02 Å². The molecule has 1 aliphatic heterocycles. The Labute approximate surface area is 167 Å². The summed E-state index contributed by atoms with van der Waals surface area (Å²) < 4.78 is 5.94. The third-order valence-corrected chi connectivity index (χ3v) is 4.60. The summed E-state index contributed by atoms with van der Waals surface area (Å²) in [5.41, 5.74) is 6.73. The number of alkyl halides is 1. The van der Waals surface area contributed by atoms with Gasteiger partial charge in [-0.3, -0.25) is 20.4 Å². The van der Waals surface area contributed by atoms with Crippen LogP contribution in [-0.4, -0.2) is 17.7 Å². The number of carbonyl (C=O) groups excluding carboxylic acids is 2. The van der Waals surface area contributed by atoms with E-state index in [1.165, 1.54) is 0 Å². The van der Waals surface area contributed by atoms with Crippen molar-refractivity contribution in [1.29, 1.82) is 0 Å². The van der Waals surface area contributed by atoms with Crippen molar-refractivity contribution in [3.05, 3.63) is 52.5 Å². The summed E-state index contributed by atoms with van der Waals surface area (Å²) >= 11 is 11.6. The average Bonchev–Trinajstić information content (AvgIpc) is 2.85. The minimum Gasteiger partial charge on any atom is -0.455 e. The molecule has 6 nitrogen and oxygen atoms in total. The van der Waals surface area contributed by atoms with Crippen LogP contribution in [0.5, 0.6) is 11.5 Å². The molecule has 0 atom stereocenters. The first-order valence-corrected chi connectivity index (χ1v) is 9.48. The number of benzene rings is 2. The minimum absolute atomic E-state index is 0.257. The highest BCUT2D eigenvalue weighted by Gasteiger charge is 2.20. The molecule has 0 unspecified atom stereocenters. The van der Waals surface area contributed by atoms with E-state index in [1.54, 1.807) is 36.4 Å². The van der Waals surface area contributed by atoms with Gasteiger partial charge in [-0.15, -0.1) is 11.6 Å². The van der Waals surface area contributed by atoms with Crippen molar-refractivity contribution >= 4 is 40.7 Å². The molecule has 8 heteroatoms. The Balaban J connectivity index is 1.71. The summed E-state index contributed by atoms with van der Waals surface area (Å²) in [5, 5.41) is 3.82. The Bertz CT molecular complexity index is 858. The van der Waals surface area contributed by atoms with Crippen LogP contribution in [0.3, 0.4) is 0 Å². The van der Waals surface area contributed by atoms with E-state index in [4.69, 9.17) is 27.9 Å². The molecule has 2 aromatic carbocycles. The third-order valence-electron chi connectivity index (χ3n) is 4.10. The van der Waals surface area contributed by atoms with Crippen LogP contribution in [0, 0.1) is 0 Å². The molecule has 0 spiro atoms. The van der Waals surface area contributed by atoms with Gasteiger partial charge in [0.25, 0.3) is 5.91 Å². The fourth-order valence-electron chi connectivity index (χ4n) is 2.72. The van der Waals surface area contributed by atoms with Crippen LogP contribution >= 0.6 is 23.2 Å². The molecule has 142 valence electrons. The molecule has 3 rings (SSSR count). The fraction of sp³-hybridized carbons (Fsp3) is 0.263. The zero-order valence-electron chi connectivity index (χ0n) is 14.5. The molecule has 2 amide bonds. The zero-order valence-corrected chi connectivity index (χ0v) is 16.0. The van der Waals surface area contributed by atoms with Crippen molar-refractivity contribution in [2.24, 2.45) is 0 Å². The fourth-order valence-corrected chi connectivity index (χ4v) is 3.09. The summed E-state index contributed by atoms with van der Waals surface area (Å²) in [5.74, 6) is 1.04. The summed E-state index contributed by atoms with van der Waals surface area (Å²) in [7, 11) is 0. The molecule has 1 aliphatic rings. The second-order valence-electron chi connectivity index (χ2n) is 6.03. The predicted octanol–water partition coefficient (Wildman–Crippen LogP) is 4.23. The van der Waals surface area contributed by atoms with Crippen molar-refractivity contribution < 1.29 is 14.3 Å². The predicted molar refractivity (Wildman–Crippen MR) is 105 cm³/mol. The Morgan fingerprint density at radius 1 is 1.11 bits per heavy atom. The van der Waals surface area contributed by atoms with Crippen molar-refractivity contribution in [2.45, 2.75) is 25.8 Å². The first-order valence-electron chi connectivity index (χ1n) is 8.57. The molecule has 27 heavy (non-hydrogen) atoms. The van der Waals surface area contributed by atoms with Crippen LogP contribution < -0.4 is 20.9 Å². The van der Waals surface area contributed by atoms with Crippen molar-refractivity contribution in [3.8, 4) is 11.5 Å². The van der Waals surface area contributed by atoms with Gasteiger partial charge in [0.05, 0.1) is 5.69 Å². The lowest BCUT2D eigenvalue weighted by molar-refractivity contribution is -0.121. The molecule has 0 bridgehead atoms. The maximum atomic E-state index is 12.5. The normalized spacial score (nSPS) is 11.9. The Morgan fingerprint density at radius 2 is 1.96 bits per heavy atom. The Hall–Kier alpha value is -2.44. The number of nitrogens with one attached hydrogen (secondary N) is 3. The van der Waals surface area contributed by atoms with E-state index in [0.29, 0.717) is 52.9 Å². The summed E-state index contributed by atoms with van der Waals surface area (Å²) in [4.78, 5) is 24.3. The second kappa shape index (κ2) is 8.97. The molecule has 2 aromatic rings. The highest BCUT2D eigenvalue weighted by Crippen LogP contribution is 2.38. The van der Waals surface area contributed by atoms with E-state index in [0.717, 1.165) is 12.1 Å². The molecule has 0 radical (unpaired) electrons. The number of hydrazine groups is 1. The minimum atomic E-state index is -0.410. The summed E-state index contributed by atoms with van der Waals surface area (Å²) in [6.45, 7) is 0.385. The molecule has 0 aromatic heterocycles. The topological polar surface area (TPSA) is 79.5 Å². The largest absolute Gasteiger partial charge is 0.455 e. The maximum absolute atomic E-state index is 12.5. The number of unbranched alkanes of at least 4 members (excludes halogenated alkanes) is 1. The van der Waals surface area contributed by atoms with Crippen LogP contribution in [0.4, 0.5) is 5.69 Å². The van der Waals surface area contributed by atoms with Crippen molar-refractivity contribution in [2.75, 3.05) is 11.2 Å². The van der Waals surface area contributed by atoms with Crippen LogP contribution in [-0.2, 0) is 11.3 Å². The molecule has 1 heterocycles. The number of hydrogen-bond acceptors (Lipinski definition) is 4. The number of halogens is 2. The van der Waals surface area contributed by atoms with Gasteiger partial charge in [0.15, 0.2) is 5.75 Å². The highest BCUT2D eigenvalue weighted by molar-refractivity contribution is 6.30. The summed E-state index contributed by atoms with van der Waals surface area (Å²) in [6.07, 6.45) is 1.73. The van der Waals surface area contributed by atoms with E-state index in [2.05, 4.69) is 16.2 Å². The van der Waals surface area contributed by atoms with Gasteiger partial charge in [-0.2, -0.15) is 0 Å². The van der Waals surface area contributed by atoms with E-state index in [1.807, 2.05) is 0 Å². The van der Waals surface area contributed by atoms with Crippen LogP contribution in [0.15, 0.2) is 36.4 Å². The molecule has 0 fully saturated rings. The van der Waals surface area contributed by atoms with Gasteiger partial charge in [-0.25, -0.2) is 0 Å². The number of hydrogen-bond donors (Lipinski definition) is 3. The smallest absolute Gasteiger partial charge is 0.270 e. The van der Waals surface area contributed by atoms with Crippen molar-refractivity contribution in [1.82, 2.24) is 10.9 Å². The van der Waals surface area contributed by atoms with E-state index in [9.17, 15) is 9.59 Å². The lowest BCUT2D eigenvalue weighted by Crippen LogP contribution is -2.41. The molecule has 3 N–H and O–H groups in total. The lowest BCUT2D eigenvalue weighted by atomic mass is 10.1. The van der Waals surface area contributed by atoms with E-state index >= 15 is 0 Å². The van der Waals surface area contributed by atoms with Gasteiger partial charge >= 0.3 is 0 Å². The number of rotatable bonds is 5. The third kappa shape index (κ3) is 4.84. The Morgan fingerprint density at radius 3 is 2.78 bits per heavy atom. The first kappa shape index (κ1) is 19.3. The number of amides is 2. The van der Waals surface area contributed by atoms with E-state index in [-0.39, 0.29) is 5.91 Å². The van der Waals surface area contributed by atoms with E-state index < -0.39 is 5.91 Å². The molecule has 0 aliphatic carbocycles. The van der Waals surface area contributed by atoms with Crippen LogP contribution in [0.25, 0.3) is 0 Å². The molecule has 0 saturated carbocycles. The quantitative estimate of drug-likeness (QED) is 0.393. The van der Waals surface area contributed by atoms with Gasteiger partial charge in [0.1, 0.15) is 5.75 Å². The second-order valence-corrected chi connectivity index (χ2v) is 6.84. The van der Waals surface area contributed by atoms with Crippen LogP contribution in [0.1, 0.15) is 35.2 Å². The van der Waals surface area contributed by atoms with Gasteiger partial charge in [0, 0.05) is 35.0 Å². The van der Waals surface area contributed by atoms with Gasteiger partial charge in [0.2, 0.25) is 5.91 Å². The molecular formula is C19H19Cl2N3O3. The monoisotopic (exact) mass is 407 g/mol. The molecular weight excluding hydrogens is 389 g/mol. The number of anilines is 1. The number of ether oxygens (including phenoxy) is 1. The standard InChI is InChI=1S/C19H19Cl2N3O3/c20-9-2-1-6-18(25)23-24-19(26)13-4-3-5-16-14(13)11-22-15-10-12(21)7-8-17(15)27-16/h3-5,7-8,10,22H,1-2,6,9,11H2,(H,23,25)(H,24,26).